The number of esters is 2. The SMILES string of the molecule is CCOC(=O)c1ccc(C(=O)C[N+]23CCC(CC2)[C@@H](OC(=O)[C@H](Nc2ccccc2)c2ccccc2)C3)cc1. The minimum atomic E-state index is -0.628. The highest BCUT2D eigenvalue weighted by Gasteiger charge is 2.49. The van der Waals surface area contributed by atoms with E-state index in [4.69, 9.17) is 9.47 Å². The summed E-state index contributed by atoms with van der Waals surface area (Å²) in [6, 6.07) is 25.3. The monoisotopic (exact) mass is 527 g/mol. The number of benzene rings is 3. The van der Waals surface area contributed by atoms with Gasteiger partial charge in [0.05, 0.1) is 25.3 Å². The summed E-state index contributed by atoms with van der Waals surface area (Å²) in [5, 5.41) is 3.35. The van der Waals surface area contributed by atoms with E-state index in [1.54, 1.807) is 31.2 Å². The Kier molecular flexibility index (Phi) is 8.07. The number of hydrogen-bond acceptors (Lipinski definition) is 6. The molecule has 2 bridgehead atoms. The van der Waals surface area contributed by atoms with Crippen LogP contribution in [0.1, 0.15) is 52.1 Å². The van der Waals surface area contributed by atoms with Crippen molar-refractivity contribution in [2.24, 2.45) is 5.92 Å². The number of ketones is 1. The van der Waals surface area contributed by atoms with E-state index in [0.29, 0.717) is 41.2 Å². The Bertz CT molecular complexity index is 1290. The highest BCUT2D eigenvalue weighted by Crippen LogP contribution is 2.36. The van der Waals surface area contributed by atoms with E-state index >= 15 is 0 Å². The molecular formula is C32H35N2O5+. The molecule has 2 atom stereocenters. The van der Waals surface area contributed by atoms with Gasteiger partial charge in [0.2, 0.25) is 5.78 Å². The van der Waals surface area contributed by atoms with Gasteiger partial charge in [0.1, 0.15) is 13.1 Å². The van der Waals surface area contributed by atoms with Gasteiger partial charge in [-0.3, -0.25) is 4.79 Å². The molecule has 0 aliphatic carbocycles. The van der Waals surface area contributed by atoms with E-state index in [0.717, 1.165) is 37.2 Å². The van der Waals surface area contributed by atoms with E-state index in [-0.39, 0.29) is 17.9 Å². The number of piperidine rings is 3. The Morgan fingerprint density at radius 1 is 0.872 bits per heavy atom. The normalized spacial score (nSPS) is 22.5. The maximum absolute atomic E-state index is 13.6. The van der Waals surface area contributed by atoms with Crippen LogP contribution in [0.5, 0.6) is 0 Å². The van der Waals surface area contributed by atoms with Crippen molar-refractivity contribution in [2.75, 3.05) is 38.1 Å². The topological polar surface area (TPSA) is 81.7 Å². The predicted molar refractivity (Wildman–Crippen MR) is 148 cm³/mol. The van der Waals surface area contributed by atoms with Crippen molar-refractivity contribution in [2.45, 2.75) is 31.9 Å². The van der Waals surface area contributed by atoms with Crippen molar-refractivity contribution in [3.8, 4) is 0 Å². The Labute approximate surface area is 229 Å². The van der Waals surface area contributed by atoms with Crippen LogP contribution in [0.15, 0.2) is 84.9 Å². The summed E-state index contributed by atoms with van der Waals surface area (Å²) in [6.07, 6.45) is 1.62. The van der Waals surface area contributed by atoms with Gasteiger partial charge in [-0.1, -0.05) is 60.7 Å². The van der Waals surface area contributed by atoms with E-state index in [2.05, 4.69) is 5.32 Å². The molecule has 1 N–H and O–H groups in total. The van der Waals surface area contributed by atoms with E-state index in [9.17, 15) is 14.4 Å². The number of hydrogen-bond donors (Lipinski definition) is 1. The van der Waals surface area contributed by atoms with Gasteiger partial charge in [-0.25, -0.2) is 9.59 Å². The van der Waals surface area contributed by atoms with Crippen LogP contribution < -0.4 is 5.32 Å². The minimum Gasteiger partial charge on any atom is -0.462 e. The summed E-state index contributed by atoms with van der Waals surface area (Å²) in [4.78, 5) is 38.8. The summed E-state index contributed by atoms with van der Waals surface area (Å²) in [7, 11) is 0. The molecule has 202 valence electrons. The fourth-order valence-electron chi connectivity index (χ4n) is 5.82. The standard InChI is InChI=1S/C32H35N2O5/c1-2-38-31(36)26-15-13-23(14-16-26)28(35)21-34-19-17-24(18-20-34)29(22-34)39-32(37)30(25-9-5-3-6-10-25)33-27-11-7-4-8-12-27/h3-16,24,29-30,33H,2,17-22H2,1H3/q+1/t24?,29-,30+,34?/m0/s1. The van der Waals surface area contributed by atoms with E-state index in [1.165, 1.54) is 0 Å². The lowest BCUT2D eigenvalue weighted by Crippen LogP contribution is -2.65. The number of nitrogens with one attached hydrogen (secondary N) is 1. The molecule has 39 heavy (non-hydrogen) atoms. The lowest BCUT2D eigenvalue weighted by molar-refractivity contribution is -0.938. The third-order valence-corrected chi connectivity index (χ3v) is 7.96. The molecule has 3 aromatic carbocycles. The van der Waals surface area contributed by atoms with Gasteiger partial charge in [-0.05, 0) is 36.8 Å². The van der Waals surface area contributed by atoms with Crippen LogP contribution in [0.4, 0.5) is 5.69 Å². The summed E-state index contributed by atoms with van der Waals surface area (Å²) < 4.78 is 11.9. The number of carbonyl (C=O) groups is 3. The largest absolute Gasteiger partial charge is 0.462 e. The van der Waals surface area contributed by atoms with Crippen LogP contribution in [0.2, 0.25) is 0 Å². The lowest BCUT2D eigenvalue weighted by Gasteiger charge is -2.51. The highest BCUT2D eigenvalue weighted by molar-refractivity contribution is 5.98. The molecule has 3 aliphatic heterocycles. The lowest BCUT2D eigenvalue weighted by atomic mass is 9.82. The number of carbonyl (C=O) groups excluding carboxylic acids is 3. The number of ether oxygens (including phenoxy) is 2. The predicted octanol–water partition coefficient (Wildman–Crippen LogP) is 5.05. The molecule has 3 heterocycles. The van der Waals surface area contributed by atoms with Crippen molar-refractivity contribution in [1.82, 2.24) is 0 Å². The molecule has 3 fully saturated rings. The van der Waals surface area contributed by atoms with Gasteiger partial charge in [-0.2, -0.15) is 0 Å². The molecule has 0 aromatic heterocycles. The van der Waals surface area contributed by atoms with Crippen molar-refractivity contribution in [3.63, 3.8) is 0 Å². The van der Waals surface area contributed by atoms with Crippen LogP contribution in [-0.4, -0.2) is 61.1 Å². The first-order chi connectivity index (χ1) is 19.0. The van der Waals surface area contributed by atoms with E-state index in [1.807, 2.05) is 60.7 Å². The summed E-state index contributed by atoms with van der Waals surface area (Å²) in [5.41, 5.74) is 2.70. The highest BCUT2D eigenvalue weighted by atomic mass is 16.5. The molecule has 3 aromatic rings. The maximum atomic E-state index is 13.6. The third kappa shape index (κ3) is 6.20. The number of rotatable bonds is 10. The van der Waals surface area contributed by atoms with Crippen molar-refractivity contribution in [1.29, 1.82) is 0 Å². The van der Waals surface area contributed by atoms with Crippen LogP contribution >= 0.6 is 0 Å². The van der Waals surface area contributed by atoms with Gasteiger partial charge < -0.3 is 19.3 Å². The van der Waals surface area contributed by atoms with Crippen LogP contribution in [0.25, 0.3) is 0 Å². The van der Waals surface area contributed by atoms with Gasteiger partial charge in [0, 0.05) is 30.0 Å². The molecule has 3 saturated heterocycles. The van der Waals surface area contributed by atoms with Crippen molar-refractivity contribution < 1.29 is 28.3 Å². The number of para-hydroxylation sites is 1. The first-order valence-corrected chi connectivity index (χ1v) is 13.7. The smallest absolute Gasteiger partial charge is 0.338 e. The molecule has 0 spiro atoms. The molecule has 6 rings (SSSR count). The molecule has 0 radical (unpaired) electrons. The minimum absolute atomic E-state index is 0.0312. The van der Waals surface area contributed by atoms with Crippen molar-refractivity contribution >= 4 is 23.4 Å². The zero-order valence-corrected chi connectivity index (χ0v) is 22.3. The van der Waals surface area contributed by atoms with Gasteiger partial charge >= 0.3 is 11.9 Å². The first kappa shape index (κ1) is 26.6. The molecule has 0 amide bonds. The Morgan fingerprint density at radius 2 is 1.49 bits per heavy atom. The molecule has 0 unspecified atom stereocenters. The molecule has 7 nitrogen and oxygen atoms in total. The van der Waals surface area contributed by atoms with Gasteiger partial charge in [0.25, 0.3) is 0 Å². The fraction of sp³-hybridized carbons (Fsp3) is 0.344. The summed E-state index contributed by atoms with van der Waals surface area (Å²) in [6.45, 7) is 4.85. The number of quaternary nitrogens is 1. The van der Waals surface area contributed by atoms with Gasteiger partial charge in [0.15, 0.2) is 12.1 Å². The van der Waals surface area contributed by atoms with E-state index < -0.39 is 12.0 Å². The zero-order valence-electron chi connectivity index (χ0n) is 22.3. The fourth-order valence-corrected chi connectivity index (χ4v) is 5.82. The first-order valence-electron chi connectivity index (χ1n) is 13.7. The molecule has 7 heteroatoms. The maximum Gasteiger partial charge on any atom is 0.338 e. The quantitative estimate of drug-likeness (QED) is 0.226. The summed E-state index contributed by atoms with van der Waals surface area (Å²) in [5.74, 6) is -0.357. The van der Waals surface area contributed by atoms with Crippen molar-refractivity contribution in [3.05, 3.63) is 102 Å². The summed E-state index contributed by atoms with van der Waals surface area (Å²) >= 11 is 0. The Hall–Kier alpha value is -3.97. The number of fused-ring (bicyclic) bond motifs is 3. The Balaban J connectivity index is 1.27. The number of nitrogens with zero attached hydrogens (tertiary/aromatic N) is 1. The number of Topliss-reactive ketones (excluding diaryl/α,β-unsaturated/α-hetero) is 1. The Morgan fingerprint density at radius 3 is 2.13 bits per heavy atom. The number of anilines is 1. The molecular weight excluding hydrogens is 492 g/mol. The van der Waals surface area contributed by atoms with Crippen LogP contribution in [-0.2, 0) is 14.3 Å². The van der Waals surface area contributed by atoms with Crippen LogP contribution in [0.3, 0.4) is 0 Å². The molecule has 0 saturated carbocycles. The second-order valence-corrected chi connectivity index (χ2v) is 10.5. The zero-order chi connectivity index (χ0) is 27.2. The van der Waals surface area contributed by atoms with Crippen LogP contribution in [0, 0.1) is 5.92 Å². The molecule has 3 aliphatic rings. The second kappa shape index (κ2) is 11.8. The average molecular weight is 528 g/mol. The average Bonchev–Trinajstić information content (AvgIpc) is 2.97. The second-order valence-electron chi connectivity index (χ2n) is 10.5. The van der Waals surface area contributed by atoms with Gasteiger partial charge in [-0.15, -0.1) is 0 Å². The third-order valence-electron chi connectivity index (χ3n) is 7.96.